The Morgan fingerprint density at radius 3 is 2.47 bits per heavy atom. The fraction of sp³-hybridized carbons (Fsp3) is 0.300. The molecule has 0 aliphatic heterocycles. The number of hydrogen-bond donors (Lipinski definition) is 2. The average molecular weight is 214 g/mol. The van der Waals surface area contributed by atoms with Gasteiger partial charge >= 0.3 is 0 Å². The first kappa shape index (κ1) is 11.6. The maximum absolute atomic E-state index is 13.1. The summed E-state index contributed by atoms with van der Waals surface area (Å²) >= 11 is 0. The van der Waals surface area contributed by atoms with E-state index in [9.17, 15) is 13.6 Å². The third kappa shape index (κ3) is 2.73. The zero-order chi connectivity index (χ0) is 11.4. The molecule has 15 heavy (non-hydrogen) atoms. The molecule has 0 spiro atoms. The molecular formula is C10H12F2N2O. The highest BCUT2D eigenvalue weighted by molar-refractivity contribution is 5.94. The molecular weight excluding hydrogens is 202 g/mol. The lowest BCUT2D eigenvalue weighted by Gasteiger charge is -2.11. The normalized spacial score (nSPS) is 12.3. The number of nitrogens with two attached hydrogens (primary N) is 1. The molecule has 1 aromatic carbocycles. The summed E-state index contributed by atoms with van der Waals surface area (Å²) in [4.78, 5) is 11.4. The fourth-order valence-corrected chi connectivity index (χ4v) is 1.07. The number of rotatable bonds is 3. The van der Waals surface area contributed by atoms with Crippen molar-refractivity contribution in [3.63, 3.8) is 0 Å². The number of carbonyl (C=O) groups is 1. The van der Waals surface area contributed by atoms with Crippen molar-refractivity contribution < 1.29 is 13.6 Å². The van der Waals surface area contributed by atoms with Crippen molar-refractivity contribution in [2.24, 2.45) is 5.73 Å². The molecule has 0 saturated heterocycles. The van der Waals surface area contributed by atoms with Crippen LogP contribution in [0.1, 0.15) is 17.3 Å². The summed E-state index contributed by atoms with van der Waals surface area (Å²) in [5.41, 5.74) is 4.70. The van der Waals surface area contributed by atoms with Crippen LogP contribution in [0, 0.1) is 11.6 Å². The van der Waals surface area contributed by atoms with Crippen LogP contribution in [-0.4, -0.2) is 18.5 Å². The topological polar surface area (TPSA) is 55.1 Å². The van der Waals surface area contributed by atoms with Crippen LogP contribution in [-0.2, 0) is 0 Å². The van der Waals surface area contributed by atoms with Gasteiger partial charge in [0.2, 0.25) is 0 Å². The summed E-state index contributed by atoms with van der Waals surface area (Å²) in [5, 5.41) is 2.38. The van der Waals surface area contributed by atoms with Crippen molar-refractivity contribution in [3.05, 3.63) is 35.4 Å². The van der Waals surface area contributed by atoms with Crippen LogP contribution in [0.3, 0.4) is 0 Å². The molecule has 0 bridgehead atoms. The second kappa shape index (κ2) is 4.84. The van der Waals surface area contributed by atoms with Gasteiger partial charge in [0.15, 0.2) is 0 Å². The van der Waals surface area contributed by atoms with Gasteiger partial charge in [0.1, 0.15) is 17.2 Å². The number of benzene rings is 1. The van der Waals surface area contributed by atoms with Gasteiger partial charge in [-0.15, -0.1) is 0 Å². The molecule has 0 saturated carbocycles. The van der Waals surface area contributed by atoms with E-state index in [1.807, 2.05) is 0 Å². The molecule has 0 aliphatic carbocycles. The summed E-state index contributed by atoms with van der Waals surface area (Å²) in [6, 6.07) is 2.95. The molecule has 1 amide bonds. The van der Waals surface area contributed by atoms with Crippen LogP contribution < -0.4 is 11.1 Å². The third-order valence-electron chi connectivity index (χ3n) is 1.92. The summed E-state index contributed by atoms with van der Waals surface area (Å²) in [7, 11) is 0. The molecule has 3 nitrogen and oxygen atoms in total. The van der Waals surface area contributed by atoms with E-state index in [4.69, 9.17) is 5.73 Å². The van der Waals surface area contributed by atoms with E-state index < -0.39 is 23.1 Å². The van der Waals surface area contributed by atoms with E-state index in [1.54, 1.807) is 6.92 Å². The predicted octanol–water partition coefficient (Wildman–Crippen LogP) is 1.04. The van der Waals surface area contributed by atoms with Crippen LogP contribution in [0.25, 0.3) is 0 Å². The maximum Gasteiger partial charge on any atom is 0.257 e. The standard InChI is InChI=1S/C10H12F2N2O/c1-6(5-13)14-10(15)9-7(11)3-2-4-8(9)12/h2-4,6H,5,13H2,1H3,(H,14,15). The number of halogens is 2. The third-order valence-corrected chi connectivity index (χ3v) is 1.92. The van der Waals surface area contributed by atoms with Gasteiger partial charge in [0.25, 0.3) is 5.91 Å². The second-order valence-corrected chi connectivity index (χ2v) is 3.21. The molecule has 1 unspecified atom stereocenters. The zero-order valence-corrected chi connectivity index (χ0v) is 8.26. The Bertz CT molecular complexity index is 348. The van der Waals surface area contributed by atoms with Gasteiger partial charge in [-0.05, 0) is 19.1 Å². The molecule has 3 N–H and O–H groups in total. The van der Waals surface area contributed by atoms with Crippen LogP contribution in [0.2, 0.25) is 0 Å². The van der Waals surface area contributed by atoms with Gasteiger partial charge in [0.05, 0.1) is 0 Å². The lowest BCUT2D eigenvalue weighted by atomic mass is 10.1. The Morgan fingerprint density at radius 2 is 2.00 bits per heavy atom. The Balaban J connectivity index is 2.91. The van der Waals surface area contributed by atoms with E-state index >= 15 is 0 Å². The fourth-order valence-electron chi connectivity index (χ4n) is 1.07. The maximum atomic E-state index is 13.1. The van der Waals surface area contributed by atoms with Gasteiger partial charge in [0, 0.05) is 12.6 Å². The molecule has 0 aromatic heterocycles. The number of carbonyl (C=O) groups excluding carboxylic acids is 1. The van der Waals surface area contributed by atoms with E-state index in [1.165, 1.54) is 6.07 Å². The van der Waals surface area contributed by atoms with Crippen LogP contribution in [0.4, 0.5) is 8.78 Å². The van der Waals surface area contributed by atoms with Gasteiger partial charge in [-0.2, -0.15) is 0 Å². The highest BCUT2D eigenvalue weighted by Crippen LogP contribution is 2.11. The highest BCUT2D eigenvalue weighted by atomic mass is 19.1. The lowest BCUT2D eigenvalue weighted by Crippen LogP contribution is -2.38. The SMILES string of the molecule is CC(CN)NC(=O)c1c(F)cccc1F. The molecule has 1 rings (SSSR count). The lowest BCUT2D eigenvalue weighted by molar-refractivity contribution is 0.0933. The van der Waals surface area contributed by atoms with E-state index in [-0.39, 0.29) is 12.6 Å². The summed E-state index contributed by atoms with van der Waals surface area (Å²) in [5.74, 6) is -2.54. The van der Waals surface area contributed by atoms with Crippen LogP contribution in [0.5, 0.6) is 0 Å². The molecule has 82 valence electrons. The Morgan fingerprint density at radius 1 is 1.47 bits per heavy atom. The van der Waals surface area contributed by atoms with E-state index in [0.717, 1.165) is 12.1 Å². The van der Waals surface area contributed by atoms with Crippen molar-refractivity contribution in [2.45, 2.75) is 13.0 Å². The molecule has 0 aliphatic rings. The minimum atomic E-state index is -0.878. The van der Waals surface area contributed by atoms with Gasteiger partial charge in [-0.25, -0.2) is 8.78 Å². The quantitative estimate of drug-likeness (QED) is 0.790. The number of nitrogens with one attached hydrogen (secondary N) is 1. The van der Waals surface area contributed by atoms with Crippen molar-refractivity contribution in [2.75, 3.05) is 6.54 Å². The largest absolute Gasteiger partial charge is 0.348 e. The van der Waals surface area contributed by atoms with Crippen LogP contribution in [0.15, 0.2) is 18.2 Å². The molecule has 1 atom stereocenters. The highest BCUT2D eigenvalue weighted by Gasteiger charge is 2.17. The number of hydrogen-bond acceptors (Lipinski definition) is 2. The molecule has 1 aromatic rings. The molecule has 0 fully saturated rings. The summed E-state index contributed by atoms with van der Waals surface area (Å²) in [6.45, 7) is 1.86. The van der Waals surface area contributed by atoms with Crippen molar-refractivity contribution >= 4 is 5.91 Å². The first-order valence-electron chi connectivity index (χ1n) is 4.51. The van der Waals surface area contributed by atoms with E-state index in [2.05, 4.69) is 5.32 Å². The monoisotopic (exact) mass is 214 g/mol. The second-order valence-electron chi connectivity index (χ2n) is 3.21. The number of amides is 1. The van der Waals surface area contributed by atoms with Gasteiger partial charge < -0.3 is 11.1 Å². The Kier molecular flexibility index (Phi) is 3.74. The molecule has 5 heteroatoms. The van der Waals surface area contributed by atoms with Gasteiger partial charge in [-0.3, -0.25) is 4.79 Å². The molecule has 0 heterocycles. The minimum absolute atomic E-state index is 0.210. The zero-order valence-electron chi connectivity index (χ0n) is 8.26. The Labute approximate surface area is 86.3 Å². The smallest absolute Gasteiger partial charge is 0.257 e. The van der Waals surface area contributed by atoms with Crippen molar-refractivity contribution in [1.29, 1.82) is 0 Å². The van der Waals surface area contributed by atoms with Crippen molar-refractivity contribution in [1.82, 2.24) is 5.32 Å². The summed E-state index contributed by atoms with van der Waals surface area (Å²) < 4.78 is 26.2. The Hall–Kier alpha value is -1.49. The first-order chi connectivity index (χ1) is 7.06. The van der Waals surface area contributed by atoms with Crippen LogP contribution >= 0.6 is 0 Å². The summed E-state index contributed by atoms with van der Waals surface area (Å²) in [6.07, 6.45) is 0. The first-order valence-corrected chi connectivity index (χ1v) is 4.51. The van der Waals surface area contributed by atoms with Gasteiger partial charge in [-0.1, -0.05) is 6.07 Å². The predicted molar refractivity (Wildman–Crippen MR) is 52.3 cm³/mol. The minimum Gasteiger partial charge on any atom is -0.348 e. The molecule has 0 radical (unpaired) electrons. The van der Waals surface area contributed by atoms with Crippen molar-refractivity contribution in [3.8, 4) is 0 Å². The van der Waals surface area contributed by atoms with E-state index in [0.29, 0.717) is 0 Å². The average Bonchev–Trinajstić information content (AvgIpc) is 2.17.